The van der Waals surface area contributed by atoms with Gasteiger partial charge in [0.1, 0.15) is 11.6 Å². The van der Waals surface area contributed by atoms with Gasteiger partial charge in [0.2, 0.25) is 0 Å². The molecule has 0 aromatic heterocycles. The molecule has 3 aromatic rings. The Bertz CT molecular complexity index is 931. The van der Waals surface area contributed by atoms with Gasteiger partial charge in [0.15, 0.2) is 0 Å². The maximum Gasteiger partial charge on any atom is 0.134 e. The van der Waals surface area contributed by atoms with Crippen molar-refractivity contribution in [3.05, 3.63) is 53.8 Å². The number of unbranched alkanes of at least 4 members (excludes halogenated alkanes) is 8. The van der Waals surface area contributed by atoms with Crippen LogP contribution in [0.15, 0.2) is 42.5 Å². The second kappa shape index (κ2) is 11.9. The minimum Gasteiger partial charge on any atom is -0.494 e. The van der Waals surface area contributed by atoms with E-state index in [1.165, 1.54) is 51.4 Å². The van der Waals surface area contributed by atoms with Crippen LogP contribution in [-0.4, -0.2) is 6.61 Å². The molecule has 1 nitrogen and oxygen atoms in total. The average Bonchev–Trinajstić information content (AvgIpc) is 2.77. The molecule has 0 spiro atoms. The number of halogens is 1. The highest BCUT2D eigenvalue weighted by Crippen LogP contribution is 2.31. The molecule has 0 aliphatic rings. The van der Waals surface area contributed by atoms with E-state index in [-0.39, 0.29) is 5.82 Å². The fourth-order valence-corrected chi connectivity index (χ4v) is 4.23. The maximum absolute atomic E-state index is 15.1. The second-order valence-electron chi connectivity index (χ2n) is 8.51. The van der Waals surface area contributed by atoms with Crippen LogP contribution in [0.25, 0.3) is 21.5 Å². The second-order valence-corrected chi connectivity index (χ2v) is 8.51. The van der Waals surface area contributed by atoms with Crippen molar-refractivity contribution in [2.45, 2.75) is 84.5 Å². The first kappa shape index (κ1) is 22.6. The van der Waals surface area contributed by atoms with Crippen molar-refractivity contribution >= 4 is 21.5 Å². The van der Waals surface area contributed by atoms with Gasteiger partial charge < -0.3 is 4.74 Å². The Morgan fingerprint density at radius 3 is 2.13 bits per heavy atom. The monoisotopic (exact) mass is 408 g/mol. The van der Waals surface area contributed by atoms with Gasteiger partial charge in [-0.25, -0.2) is 4.39 Å². The number of aryl methyl sites for hydroxylation is 1. The highest BCUT2D eigenvalue weighted by molar-refractivity contribution is 6.08. The number of benzene rings is 3. The van der Waals surface area contributed by atoms with Crippen LogP contribution in [0.3, 0.4) is 0 Å². The summed E-state index contributed by atoms with van der Waals surface area (Å²) in [6.07, 6.45) is 13.0. The van der Waals surface area contributed by atoms with Crippen LogP contribution in [0.1, 0.15) is 83.6 Å². The molecule has 0 aliphatic heterocycles. The van der Waals surface area contributed by atoms with Crippen LogP contribution in [0, 0.1) is 5.82 Å². The lowest BCUT2D eigenvalue weighted by Crippen LogP contribution is -1.97. The van der Waals surface area contributed by atoms with Gasteiger partial charge >= 0.3 is 0 Å². The van der Waals surface area contributed by atoms with Gasteiger partial charge in [-0.2, -0.15) is 0 Å². The Balaban J connectivity index is 1.68. The highest BCUT2D eigenvalue weighted by atomic mass is 19.1. The molecule has 30 heavy (non-hydrogen) atoms. The van der Waals surface area contributed by atoms with Crippen LogP contribution >= 0.6 is 0 Å². The topological polar surface area (TPSA) is 9.23 Å². The molecule has 0 bridgehead atoms. The number of hydrogen-bond donors (Lipinski definition) is 0. The Labute approximate surface area is 181 Å². The van der Waals surface area contributed by atoms with Crippen molar-refractivity contribution in [2.24, 2.45) is 0 Å². The van der Waals surface area contributed by atoms with Gasteiger partial charge in [0.05, 0.1) is 6.61 Å². The lowest BCUT2D eigenvalue weighted by molar-refractivity contribution is 0.305. The third-order valence-corrected chi connectivity index (χ3v) is 6.07. The normalized spacial score (nSPS) is 11.4. The summed E-state index contributed by atoms with van der Waals surface area (Å²) in [4.78, 5) is 0. The quantitative estimate of drug-likeness (QED) is 0.202. The number of fused-ring (bicyclic) bond motifs is 3. The van der Waals surface area contributed by atoms with Gasteiger partial charge in [0, 0.05) is 5.39 Å². The van der Waals surface area contributed by atoms with Crippen molar-refractivity contribution in [2.75, 3.05) is 6.61 Å². The minimum atomic E-state index is -0.0424. The Hall–Kier alpha value is -2.09. The first-order valence-electron chi connectivity index (χ1n) is 12.0. The zero-order valence-electron chi connectivity index (χ0n) is 18.8. The Morgan fingerprint density at radius 1 is 0.667 bits per heavy atom. The van der Waals surface area contributed by atoms with E-state index in [0.29, 0.717) is 0 Å². The molecule has 0 unspecified atom stereocenters. The molecule has 0 heterocycles. The number of hydrogen-bond acceptors (Lipinski definition) is 1. The van der Waals surface area contributed by atoms with Gasteiger partial charge in [-0.1, -0.05) is 95.5 Å². The Morgan fingerprint density at radius 2 is 1.33 bits per heavy atom. The van der Waals surface area contributed by atoms with Crippen LogP contribution in [-0.2, 0) is 6.42 Å². The van der Waals surface area contributed by atoms with Gasteiger partial charge in [0.25, 0.3) is 0 Å². The third-order valence-electron chi connectivity index (χ3n) is 6.07. The van der Waals surface area contributed by atoms with Crippen LogP contribution < -0.4 is 4.74 Å². The lowest BCUT2D eigenvalue weighted by Gasteiger charge is -2.11. The van der Waals surface area contributed by atoms with E-state index in [9.17, 15) is 0 Å². The molecule has 0 fully saturated rings. The zero-order chi connectivity index (χ0) is 21.2. The fraction of sp³-hybridized carbons (Fsp3) is 0.500. The molecule has 0 saturated heterocycles. The van der Waals surface area contributed by atoms with Gasteiger partial charge in [-0.15, -0.1) is 0 Å². The van der Waals surface area contributed by atoms with Crippen LogP contribution in [0.5, 0.6) is 5.75 Å². The van der Waals surface area contributed by atoms with Gasteiger partial charge in [-0.05, 0) is 53.1 Å². The maximum atomic E-state index is 15.1. The standard InChI is InChI=1S/C28H37FO/c1-3-5-7-9-10-11-13-22-14-17-26-25-19-16-24(30-20-12-8-6-4-2)21-23(25)15-18-27(26)28(22)29/h14-19,21H,3-13,20H2,1-2H3. The van der Waals surface area contributed by atoms with E-state index in [1.807, 2.05) is 24.3 Å². The smallest absolute Gasteiger partial charge is 0.134 e. The average molecular weight is 409 g/mol. The first-order chi connectivity index (χ1) is 14.7. The summed E-state index contributed by atoms with van der Waals surface area (Å²) in [6.45, 7) is 5.21. The summed E-state index contributed by atoms with van der Waals surface area (Å²) in [5.74, 6) is 0.859. The van der Waals surface area contributed by atoms with Crippen molar-refractivity contribution in [1.82, 2.24) is 0 Å². The first-order valence-corrected chi connectivity index (χ1v) is 12.0. The summed E-state index contributed by atoms with van der Waals surface area (Å²) in [6, 6.07) is 14.2. The van der Waals surface area contributed by atoms with E-state index in [4.69, 9.17) is 4.74 Å². The minimum absolute atomic E-state index is 0.0424. The number of ether oxygens (including phenoxy) is 1. The predicted molar refractivity (Wildman–Crippen MR) is 128 cm³/mol. The molecule has 0 radical (unpaired) electrons. The molecular formula is C28H37FO. The molecule has 0 atom stereocenters. The highest BCUT2D eigenvalue weighted by Gasteiger charge is 2.10. The molecule has 2 heteroatoms. The lowest BCUT2D eigenvalue weighted by atomic mass is 9.97. The van der Waals surface area contributed by atoms with E-state index >= 15 is 4.39 Å². The molecule has 0 N–H and O–H groups in total. The van der Waals surface area contributed by atoms with Gasteiger partial charge in [-0.3, -0.25) is 0 Å². The van der Waals surface area contributed by atoms with E-state index in [0.717, 1.165) is 58.7 Å². The van der Waals surface area contributed by atoms with Crippen LogP contribution in [0.4, 0.5) is 4.39 Å². The summed E-state index contributed by atoms with van der Waals surface area (Å²) in [5, 5.41) is 3.93. The van der Waals surface area contributed by atoms with Crippen molar-refractivity contribution in [1.29, 1.82) is 0 Å². The van der Waals surface area contributed by atoms with Crippen molar-refractivity contribution in [3.63, 3.8) is 0 Å². The fourth-order valence-electron chi connectivity index (χ4n) is 4.23. The largest absolute Gasteiger partial charge is 0.494 e. The predicted octanol–water partition coefficient (Wildman–Crippen LogP) is 8.99. The Kier molecular flexibility index (Phi) is 8.99. The molecule has 0 saturated carbocycles. The van der Waals surface area contributed by atoms with Crippen molar-refractivity contribution < 1.29 is 9.13 Å². The van der Waals surface area contributed by atoms with Crippen LogP contribution in [0.2, 0.25) is 0 Å². The van der Waals surface area contributed by atoms with E-state index in [2.05, 4.69) is 32.0 Å². The summed E-state index contributed by atoms with van der Waals surface area (Å²) in [7, 11) is 0. The SMILES string of the molecule is CCCCCCCCc1ccc2c(ccc3cc(OCCCCCC)ccc32)c1F. The van der Waals surface area contributed by atoms with E-state index in [1.54, 1.807) is 0 Å². The number of rotatable bonds is 13. The molecule has 162 valence electrons. The third kappa shape index (κ3) is 5.97. The summed E-state index contributed by atoms with van der Waals surface area (Å²) < 4.78 is 21.1. The molecule has 0 aliphatic carbocycles. The summed E-state index contributed by atoms with van der Waals surface area (Å²) in [5.41, 5.74) is 0.851. The molecule has 3 rings (SSSR count). The molecule has 0 amide bonds. The van der Waals surface area contributed by atoms with Crippen molar-refractivity contribution in [3.8, 4) is 5.75 Å². The molecular weight excluding hydrogens is 371 g/mol. The zero-order valence-corrected chi connectivity index (χ0v) is 18.8. The summed E-state index contributed by atoms with van der Waals surface area (Å²) >= 11 is 0. The van der Waals surface area contributed by atoms with E-state index < -0.39 is 0 Å². The molecule has 3 aromatic carbocycles.